The summed E-state index contributed by atoms with van der Waals surface area (Å²) >= 11 is 1.56. The summed E-state index contributed by atoms with van der Waals surface area (Å²) in [5, 5.41) is 10.8. The molecule has 0 saturated carbocycles. The number of aliphatic hydroxyl groups is 1. The fourth-order valence-corrected chi connectivity index (χ4v) is 9.86. The van der Waals surface area contributed by atoms with Crippen molar-refractivity contribution in [2.24, 2.45) is 11.8 Å². The van der Waals surface area contributed by atoms with Crippen LogP contribution in [0, 0.1) is 11.8 Å². The number of aliphatic hydroxyl groups excluding tert-OH is 1. The number of benzene rings is 2. The molecule has 6 atom stereocenters. The Labute approximate surface area is 270 Å². The molecule has 3 amide bonds. The standard InChI is InChI=1S/C36H43N3O5S/c1-6-44-27-16-14-25(15-17-27)37-20-10-18-35(5)28(31(37)41)29-32(42)39(26(23-40)22-24-12-8-7-9-13-24)30-33(43)38(34(2,3)4)21-11-19-36(29,30)45-35/h7-19,26,28-30,40H,6,20-23H2,1-5H3/t26-,28+,29+,30?,35-,36+/m1/s1. The summed E-state index contributed by atoms with van der Waals surface area (Å²) < 4.78 is 3.91. The summed E-state index contributed by atoms with van der Waals surface area (Å²) in [7, 11) is 0. The molecular formula is C36H43N3O5S. The first-order chi connectivity index (χ1) is 21.4. The normalized spacial score (nSPS) is 30.1. The lowest BCUT2D eigenvalue weighted by molar-refractivity contribution is -0.148. The van der Waals surface area contributed by atoms with E-state index in [2.05, 4.69) is 6.08 Å². The van der Waals surface area contributed by atoms with Crippen molar-refractivity contribution in [3.63, 3.8) is 0 Å². The van der Waals surface area contributed by atoms with Gasteiger partial charge in [0, 0.05) is 29.1 Å². The number of nitrogens with zero attached hydrogens (tertiary/aromatic N) is 3. The van der Waals surface area contributed by atoms with Gasteiger partial charge in [-0.2, -0.15) is 0 Å². The Morgan fingerprint density at radius 1 is 0.933 bits per heavy atom. The number of likely N-dealkylation sites (tertiary alicyclic amines) is 1. The number of rotatable bonds is 7. The molecule has 2 aromatic rings. The van der Waals surface area contributed by atoms with Crippen LogP contribution in [0.5, 0.6) is 5.75 Å². The maximum absolute atomic E-state index is 15.0. The zero-order chi connectivity index (χ0) is 32.1. The third-order valence-electron chi connectivity index (χ3n) is 9.68. The van der Waals surface area contributed by atoms with Gasteiger partial charge in [0.2, 0.25) is 17.7 Å². The molecule has 6 rings (SSSR count). The van der Waals surface area contributed by atoms with E-state index < -0.39 is 39.0 Å². The molecule has 4 aliphatic heterocycles. The monoisotopic (exact) mass is 629 g/mol. The molecule has 2 saturated heterocycles. The number of carbonyl (C=O) groups is 3. The third-order valence-corrected chi connectivity index (χ3v) is 11.5. The topological polar surface area (TPSA) is 90.4 Å². The fourth-order valence-electron chi connectivity index (χ4n) is 7.72. The van der Waals surface area contributed by atoms with Crippen LogP contribution in [0.4, 0.5) is 5.69 Å². The van der Waals surface area contributed by atoms with Gasteiger partial charge in [0.05, 0.1) is 35.8 Å². The third kappa shape index (κ3) is 5.18. The first kappa shape index (κ1) is 31.4. The number of ether oxygens (including phenoxy) is 1. The first-order valence-corrected chi connectivity index (χ1v) is 16.6. The van der Waals surface area contributed by atoms with Gasteiger partial charge in [0.15, 0.2) is 0 Å². The molecule has 0 bridgehead atoms. The maximum atomic E-state index is 15.0. The molecule has 1 spiro atoms. The number of hydrogen-bond acceptors (Lipinski definition) is 6. The molecule has 0 aromatic heterocycles. The Hall–Kier alpha value is -3.56. The van der Waals surface area contributed by atoms with Crippen LogP contribution < -0.4 is 9.64 Å². The van der Waals surface area contributed by atoms with Gasteiger partial charge in [0.25, 0.3) is 0 Å². The first-order valence-electron chi connectivity index (χ1n) is 15.8. The van der Waals surface area contributed by atoms with Gasteiger partial charge in [-0.15, -0.1) is 11.8 Å². The Morgan fingerprint density at radius 3 is 2.27 bits per heavy atom. The summed E-state index contributed by atoms with van der Waals surface area (Å²) in [6, 6.07) is 15.7. The van der Waals surface area contributed by atoms with Gasteiger partial charge in [-0.05, 0) is 70.9 Å². The van der Waals surface area contributed by atoms with Crippen LogP contribution >= 0.6 is 11.8 Å². The lowest BCUT2D eigenvalue weighted by atomic mass is 9.74. The zero-order valence-corrected chi connectivity index (χ0v) is 27.5. The predicted octanol–water partition coefficient (Wildman–Crippen LogP) is 4.48. The quantitative estimate of drug-likeness (QED) is 0.455. The number of fused-ring (bicyclic) bond motifs is 2. The molecular weight excluding hydrogens is 586 g/mol. The van der Waals surface area contributed by atoms with E-state index in [4.69, 9.17) is 4.74 Å². The van der Waals surface area contributed by atoms with E-state index in [9.17, 15) is 19.5 Å². The predicted molar refractivity (Wildman–Crippen MR) is 177 cm³/mol. The minimum atomic E-state index is -0.987. The van der Waals surface area contributed by atoms with E-state index in [1.54, 1.807) is 21.6 Å². The second kappa shape index (κ2) is 11.7. The number of thioether (sulfide) groups is 1. The Morgan fingerprint density at radius 2 is 1.62 bits per heavy atom. The van der Waals surface area contributed by atoms with Crippen LogP contribution in [-0.4, -0.2) is 86.0 Å². The molecule has 0 radical (unpaired) electrons. The minimum absolute atomic E-state index is 0.142. The van der Waals surface area contributed by atoms with Gasteiger partial charge >= 0.3 is 0 Å². The summed E-state index contributed by atoms with van der Waals surface area (Å²) in [5.41, 5.74) is 1.20. The lowest BCUT2D eigenvalue weighted by Crippen LogP contribution is -2.60. The van der Waals surface area contributed by atoms with Crippen molar-refractivity contribution in [3.05, 3.63) is 84.5 Å². The van der Waals surface area contributed by atoms with E-state index in [-0.39, 0.29) is 24.3 Å². The van der Waals surface area contributed by atoms with Crippen molar-refractivity contribution in [2.45, 2.75) is 68.2 Å². The van der Waals surface area contributed by atoms with Crippen LogP contribution in [0.3, 0.4) is 0 Å². The second-order valence-corrected chi connectivity index (χ2v) is 15.4. The molecule has 2 aromatic carbocycles. The lowest BCUT2D eigenvalue weighted by Gasteiger charge is -2.42. The summed E-state index contributed by atoms with van der Waals surface area (Å²) in [6.45, 7) is 11.0. The van der Waals surface area contributed by atoms with Crippen molar-refractivity contribution in [1.29, 1.82) is 0 Å². The van der Waals surface area contributed by atoms with E-state index in [0.29, 0.717) is 26.1 Å². The number of carbonyl (C=O) groups excluding carboxylic acids is 3. The van der Waals surface area contributed by atoms with Crippen molar-refractivity contribution in [3.8, 4) is 5.75 Å². The highest BCUT2D eigenvalue weighted by Gasteiger charge is 2.74. The molecule has 1 N–H and O–H groups in total. The van der Waals surface area contributed by atoms with E-state index in [1.165, 1.54) is 0 Å². The van der Waals surface area contributed by atoms with Gasteiger partial charge in [-0.3, -0.25) is 14.4 Å². The highest BCUT2D eigenvalue weighted by molar-refractivity contribution is 8.02. The van der Waals surface area contributed by atoms with Gasteiger partial charge in [-0.1, -0.05) is 54.6 Å². The molecule has 4 heterocycles. The summed E-state index contributed by atoms with van der Waals surface area (Å²) in [5.74, 6) is -1.33. The van der Waals surface area contributed by atoms with Gasteiger partial charge in [-0.25, -0.2) is 0 Å². The van der Waals surface area contributed by atoms with Crippen molar-refractivity contribution in [2.75, 3.05) is 31.2 Å². The van der Waals surface area contributed by atoms with Crippen LogP contribution in [0.25, 0.3) is 0 Å². The number of anilines is 1. The van der Waals surface area contributed by atoms with Gasteiger partial charge in [0.1, 0.15) is 11.8 Å². The minimum Gasteiger partial charge on any atom is -0.494 e. The Bertz CT molecular complexity index is 1520. The zero-order valence-electron chi connectivity index (χ0n) is 26.7. The fraction of sp³-hybridized carbons (Fsp3) is 0.472. The van der Waals surface area contributed by atoms with E-state index >= 15 is 0 Å². The van der Waals surface area contributed by atoms with Crippen LogP contribution in [0.1, 0.15) is 40.2 Å². The van der Waals surface area contributed by atoms with Crippen molar-refractivity contribution in [1.82, 2.24) is 9.80 Å². The highest BCUT2D eigenvalue weighted by Crippen LogP contribution is 2.66. The highest BCUT2D eigenvalue weighted by atomic mass is 32.2. The van der Waals surface area contributed by atoms with Crippen molar-refractivity contribution < 1.29 is 24.2 Å². The largest absolute Gasteiger partial charge is 0.494 e. The SMILES string of the molecule is CCOc1ccc(N2CC=C[C@@]3(C)S[C@]45C=CCN(C(C)(C)C)C(=O)C4N([C@@H](CO)Cc4ccccc4)C(=O)[C@@H]5[C@H]3C2=O)cc1. The van der Waals surface area contributed by atoms with E-state index in [0.717, 1.165) is 17.0 Å². The van der Waals surface area contributed by atoms with Crippen LogP contribution in [-0.2, 0) is 20.8 Å². The molecule has 8 nitrogen and oxygen atoms in total. The number of hydrogen-bond donors (Lipinski definition) is 1. The molecule has 45 heavy (non-hydrogen) atoms. The maximum Gasteiger partial charge on any atom is 0.247 e. The Kier molecular flexibility index (Phi) is 8.14. The molecule has 0 aliphatic carbocycles. The smallest absolute Gasteiger partial charge is 0.247 e. The second-order valence-electron chi connectivity index (χ2n) is 13.6. The van der Waals surface area contributed by atoms with Crippen molar-refractivity contribution >= 4 is 35.2 Å². The van der Waals surface area contributed by atoms with Gasteiger partial charge < -0.3 is 24.5 Å². The van der Waals surface area contributed by atoms with E-state index in [1.807, 2.05) is 112 Å². The molecule has 238 valence electrons. The average molecular weight is 630 g/mol. The van der Waals surface area contributed by atoms with Crippen LogP contribution in [0.15, 0.2) is 78.9 Å². The molecule has 2 fully saturated rings. The summed E-state index contributed by atoms with van der Waals surface area (Å²) in [6.07, 6.45) is 8.50. The summed E-state index contributed by atoms with van der Waals surface area (Å²) in [4.78, 5) is 49.6. The molecule has 4 aliphatic rings. The Balaban J connectivity index is 1.46. The van der Waals surface area contributed by atoms with Crippen LogP contribution in [0.2, 0.25) is 0 Å². The average Bonchev–Trinajstić information content (AvgIpc) is 3.27. The molecule has 1 unspecified atom stereocenters. The molecule has 9 heteroatoms. The number of amides is 3.